The number of rotatable bonds is 18. The summed E-state index contributed by atoms with van der Waals surface area (Å²) in [6, 6.07) is 7.21. The van der Waals surface area contributed by atoms with Crippen LogP contribution in [0.3, 0.4) is 0 Å². The molecule has 50 heavy (non-hydrogen) atoms. The molecule has 0 aliphatic carbocycles. The number of nitrogens with zero attached hydrogens (tertiary/aromatic N) is 5. The van der Waals surface area contributed by atoms with Gasteiger partial charge in [0.2, 0.25) is 6.20 Å². The number of hydroxylamine groups is 2. The Morgan fingerprint density at radius 2 is 1.96 bits per heavy atom. The van der Waals surface area contributed by atoms with E-state index in [1.54, 1.807) is 12.1 Å². The number of anilines is 1. The second-order valence-corrected chi connectivity index (χ2v) is 14.5. The van der Waals surface area contributed by atoms with Gasteiger partial charge in [-0.1, -0.05) is 30.6 Å². The van der Waals surface area contributed by atoms with Gasteiger partial charge in [-0.2, -0.15) is 18.2 Å². The normalized spacial score (nSPS) is 18.3. The fourth-order valence-corrected chi connectivity index (χ4v) is 6.53. The topological polar surface area (TPSA) is 229 Å². The minimum atomic E-state index is -4.99. The van der Waals surface area contributed by atoms with E-state index in [1.165, 1.54) is 19.2 Å². The number of Topliss-reactive ketones (excluding diaryl/α,β-unsaturated/α-hetero) is 1. The molecule has 2 atom stereocenters. The molecule has 1 amide bonds. The quantitative estimate of drug-likeness (QED) is 0.0480. The van der Waals surface area contributed by atoms with Crippen LogP contribution in [0.15, 0.2) is 47.2 Å². The number of ether oxygens (including phenoxy) is 1. The first-order valence-electron chi connectivity index (χ1n) is 15.9. The molecule has 2 aliphatic heterocycles. The SMILES string of the molecule is CCCCn1cc(-c2ccc(OC[C@H](O/N=C(\C(=O)C[C@@H]3C(=O)N(OS(=O)(=O)O)C3(C)C)c3csc(N)n3)C(=O)O)cc2)c[n+]1CC1CNC1. The molecule has 2 saturated heterocycles. The largest absolute Gasteiger partial charge is 0.489 e. The van der Waals surface area contributed by atoms with Crippen molar-refractivity contribution in [3.63, 3.8) is 0 Å². The summed E-state index contributed by atoms with van der Waals surface area (Å²) in [7, 11) is -4.99. The van der Waals surface area contributed by atoms with E-state index in [0.29, 0.717) is 16.7 Å². The highest BCUT2D eigenvalue weighted by atomic mass is 32.3. The average Bonchev–Trinajstić information content (AvgIpc) is 3.66. The first-order chi connectivity index (χ1) is 23.7. The predicted molar refractivity (Wildman–Crippen MR) is 179 cm³/mol. The number of oxime groups is 1. The summed E-state index contributed by atoms with van der Waals surface area (Å²) < 4.78 is 45.8. The molecule has 5 N–H and O–H groups in total. The number of hydrogen-bond donors (Lipinski definition) is 4. The minimum absolute atomic E-state index is 0.0111. The van der Waals surface area contributed by atoms with Crippen LogP contribution in [0.2, 0.25) is 0 Å². The van der Waals surface area contributed by atoms with Crippen molar-refractivity contribution in [1.82, 2.24) is 20.0 Å². The van der Waals surface area contributed by atoms with Gasteiger partial charge in [-0.05, 0) is 38.0 Å². The summed E-state index contributed by atoms with van der Waals surface area (Å²) in [5.74, 6) is -3.13. The number of ketones is 1. The van der Waals surface area contributed by atoms with Crippen LogP contribution in [0.25, 0.3) is 11.1 Å². The van der Waals surface area contributed by atoms with Gasteiger partial charge in [0.15, 0.2) is 23.2 Å². The molecule has 270 valence electrons. The molecule has 1 aromatic carbocycles. The van der Waals surface area contributed by atoms with Crippen LogP contribution in [-0.2, 0) is 47.0 Å². The van der Waals surface area contributed by atoms with Crippen molar-refractivity contribution in [3.8, 4) is 16.9 Å². The molecule has 2 aromatic heterocycles. The molecule has 0 radical (unpaired) electrons. The van der Waals surface area contributed by atoms with Gasteiger partial charge < -0.3 is 25.7 Å². The van der Waals surface area contributed by atoms with Gasteiger partial charge in [-0.3, -0.25) is 14.1 Å². The highest BCUT2D eigenvalue weighted by Gasteiger charge is 2.57. The third-order valence-corrected chi connectivity index (χ3v) is 9.57. The zero-order valence-corrected chi connectivity index (χ0v) is 29.4. The van der Waals surface area contributed by atoms with Gasteiger partial charge >= 0.3 is 16.4 Å². The number of aliphatic carboxylic acids is 1. The van der Waals surface area contributed by atoms with Crippen molar-refractivity contribution in [2.45, 2.75) is 64.8 Å². The van der Waals surface area contributed by atoms with Gasteiger partial charge in [0.05, 0.1) is 29.8 Å². The Morgan fingerprint density at radius 3 is 2.52 bits per heavy atom. The molecule has 4 heterocycles. The van der Waals surface area contributed by atoms with Gasteiger partial charge in [-0.25, -0.2) is 9.78 Å². The van der Waals surface area contributed by atoms with Crippen LogP contribution >= 0.6 is 11.3 Å². The van der Waals surface area contributed by atoms with E-state index >= 15 is 0 Å². The molecule has 0 unspecified atom stereocenters. The number of thiazole rings is 1. The Labute approximate surface area is 292 Å². The number of hydrogen-bond acceptors (Lipinski definition) is 13. The number of carboxylic acids is 1. The lowest BCUT2D eigenvalue weighted by Gasteiger charge is -2.50. The van der Waals surface area contributed by atoms with E-state index in [-0.39, 0.29) is 10.8 Å². The molecule has 0 spiro atoms. The number of carbonyl (C=O) groups excluding carboxylic acids is 2. The zero-order chi connectivity index (χ0) is 36.2. The van der Waals surface area contributed by atoms with Crippen molar-refractivity contribution in [2.24, 2.45) is 17.0 Å². The second-order valence-electron chi connectivity index (χ2n) is 12.6. The molecule has 3 aromatic rings. The van der Waals surface area contributed by atoms with E-state index in [0.717, 1.165) is 61.5 Å². The molecule has 0 bridgehead atoms. The number of unbranched alkanes of at least 4 members (excludes halogenated alkanes) is 1. The first-order valence-corrected chi connectivity index (χ1v) is 18.2. The lowest BCUT2D eigenvalue weighted by Crippen LogP contribution is -2.68. The third-order valence-electron chi connectivity index (χ3n) is 8.56. The fourth-order valence-electron chi connectivity index (χ4n) is 5.53. The fraction of sp³-hybridized carbons (Fsp3) is 0.484. The van der Waals surface area contributed by atoms with Gasteiger partial charge in [-0.15, -0.1) is 20.3 Å². The van der Waals surface area contributed by atoms with Crippen LogP contribution in [0.4, 0.5) is 5.13 Å². The van der Waals surface area contributed by atoms with E-state index in [1.807, 2.05) is 12.1 Å². The maximum absolute atomic E-state index is 13.4. The number of aryl methyl sites for hydroxylation is 1. The lowest BCUT2D eigenvalue weighted by atomic mass is 9.74. The summed E-state index contributed by atoms with van der Waals surface area (Å²) in [6.07, 6.45) is 4.30. The highest BCUT2D eigenvalue weighted by molar-refractivity contribution is 7.80. The molecule has 19 heteroatoms. The minimum Gasteiger partial charge on any atom is -0.489 e. The maximum Gasteiger partial charge on any atom is 0.418 e. The molecule has 17 nitrogen and oxygen atoms in total. The molecule has 0 saturated carbocycles. The number of amides is 1. The van der Waals surface area contributed by atoms with Crippen LogP contribution < -0.4 is 20.5 Å². The van der Waals surface area contributed by atoms with Crippen molar-refractivity contribution < 1.29 is 51.0 Å². The maximum atomic E-state index is 13.4. The monoisotopic (exact) mass is 734 g/mol. The Hall–Kier alpha value is -4.43. The molecular formula is C31H40N7O10S2+. The number of nitrogen functional groups attached to an aromatic ring is 1. The Balaban J connectivity index is 1.25. The van der Waals surface area contributed by atoms with Crippen LogP contribution in [-0.4, -0.2) is 87.5 Å². The molecule has 2 fully saturated rings. The summed E-state index contributed by atoms with van der Waals surface area (Å²) >= 11 is 0.997. The van der Waals surface area contributed by atoms with E-state index in [4.69, 9.17) is 19.9 Å². The van der Waals surface area contributed by atoms with Crippen molar-refractivity contribution in [1.29, 1.82) is 0 Å². The first kappa shape index (κ1) is 36.8. The number of β-lactam (4-membered cyclic amide) rings is 1. The van der Waals surface area contributed by atoms with E-state index in [2.05, 4.69) is 48.4 Å². The van der Waals surface area contributed by atoms with Crippen molar-refractivity contribution in [2.75, 3.05) is 25.4 Å². The van der Waals surface area contributed by atoms with E-state index in [9.17, 15) is 27.9 Å². The lowest BCUT2D eigenvalue weighted by molar-refractivity contribution is -0.781. The van der Waals surface area contributed by atoms with Gasteiger partial charge in [0.1, 0.15) is 18.1 Å². The molecular weight excluding hydrogens is 695 g/mol. The summed E-state index contributed by atoms with van der Waals surface area (Å²) in [5, 5.41) is 18.9. The number of nitrogens with two attached hydrogens (primary N) is 1. The number of nitrogens with one attached hydrogen (secondary N) is 1. The zero-order valence-electron chi connectivity index (χ0n) is 27.7. The van der Waals surface area contributed by atoms with Crippen LogP contribution in [0.5, 0.6) is 5.75 Å². The highest BCUT2D eigenvalue weighted by Crippen LogP contribution is 2.40. The predicted octanol–water partition coefficient (Wildman–Crippen LogP) is 1.68. The number of carboxylic acid groups (broad SMARTS) is 1. The third kappa shape index (κ3) is 8.64. The Bertz CT molecular complexity index is 1850. The van der Waals surface area contributed by atoms with Crippen molar-refractivity contribution >= 4 is 50.2 Å². The second kappa shape index (κ2) is 15.2. The smallest absolute Gasteiger partial charge is 0.418 e. The van der Waals surface area contributed by atoms with Gasteiger partial charge in [0, 0.05) is 30.8 Å². The van der Waals surface area contributed by atoms with Crippen LogP contribution in [0.1, 0.15) is 45.7 Å². The Kier molecular flexibility index (Phi) is 11.2. The summed E-state index contributed by atoms with van der Waals surface area (Å²) in [5.41, 5.74) is 6.04. The average molecular weight is 735 g/mol. The van der Waals surface area contributed by atoms with Gasteiger partial charge in [0.25, 0.3) is 12.0 Å². The molecule has 2 aliphatic rings. The number of aromatic nitrogens is 3. The summed E-state index contributed by atoms with van der Waals surface area (Å²) in [6.45, 7) is 8.43. The van der Waals surface area contributed by atoms with E-state index < -0.39 is 64.4 Å². The number of carbonyl (C=O) groups is 3. The van der Waals surface area contributed by atoms with Crippen molar-refractivity contribution in [3.05, 3.63) is 47.7 Å². The molecule has 5 rings (SSSR count). The number of benzene rings is 1. The summed E-state index contributed by atoms with van der Waals surface area (Å²) in [4.78, 5) is 47.4. The van der Waals surface area contributed by atoms with Crippen LogP contribution in [0, 0.1) is 11.8 Å². The standard InChI is InChI=1S/C31H39N7O10S2/c1-4-5-10-36-15-21(16-37(36)14-19-12-33-13-19)20-6-8-22(9-7-20)46-17-26(29(41)42)47-35-27(24-18-49-30(32)34-24)25(39)11-23-28(40)38(31(23,2)3)48-50(43,44)45/h6-9,15-16,18-19,23,26,33H,4-5,10-14,17H2,1-3H3,(H3-,32,34,41,42,43,44,45)/p+1/b35-27-/t23-,26+/m1/s1. The Morgan fingerprint density at radius 1 is 1.24 bits per heavy atom.